The number of rotatable bonds is 8. The maximum Gasteiger partial charge on any atom is 0.337 e. The Balaban J connectivity index is 1.61. The van der Waals surface area contributed by atoms with E-state index in [1.807, 2.05) is 12.1 Å². The Kier molecular flexibility index (Phi) is 7.40. The van der Waals surface area contributed by atoms with Crippen LogP contribution in [-0.4, -0.2) is 49.0 Å². The lowest BCUT2D eigenvalue weighted by molar-refractivity contribution is -0.142. The summed E-state index contributed by atoms with van der Waals surface area (Å²) in [7, 11) is 1.29. The summed E-state index contributed by atoms with van der Waals surface area (Å²) in [5.41, 5.74) is 0.661. The molecule has 32 heavy (non-hydrogen) atoms. The van der Waals surface area contributed by atoms with Crippen LogP contribution in [0.4, 0.5) is 0 Å². The van der Waals surface area contributed by atoms with Crippen LogP contribution in [0.5, 0.6) is 11.5 Å². The van der Waals surface area contributed by atoms with Gasteiger partial charge < -0.3 is 18.9 Å². The van der Waals surface area contributed by atoms with Gasteiger partial charge in [0.05, 0.1) is 31.3 Å². The van der Waals surface area contributed by atoms with Gasteiger partial charge in [0.25, 0.3) is 0 Å². The van der Waals surface area contributed by atoms with E-state index in [2.05, 4.69) is 0 Å². The first-order valence-electron chi connectivity index (χ1n) is 10.2. The molecule has 0 aromatic heterocycles. The fourth-order valence-electron chi connectivity index (χ4n) is 3.38. The van der Waals surface area contributed by atoms with Gasteiger partial charge in [-0.2, -0.15) is 0 Å². The molecule has 0 saturated heterocycles. The second-order valence-corrected chi connectivity index (χ2v) is 8.24. The van der Waals surface area contributed by atoms with Gasteiger partial charge in [-0.05, 0) is 56.2 Å². The summed E-state index contributed by atoms with van der Waals surface area (Å²) < 4.78 is 21.5. The van der Waals surface area contributed by atoms with E-state index < -0.39 is 22.9 Å². The number of methoxy groups -OCH3 is 1. The van der Waals surface area contributed by atoms with Gasteiger partial charge >= 0.3 is 11.9 Å². The largest absolute Gasteiger partial charge is 0.489 e. The summed E-state index contributed by atoms with van der Waals surface area (Å²) in [4.78, 5) is 36.1. The molecule has 1 aliphatic heterocycles. The molecule has 2 unspecified atom stereocenters. The van der Waals surface area contributed by atoms with Gasteiger partial charge in [-0.3, -0.25) is 9.59 Å². The van der Waals surface area contributed by atoms with E-state index in [-0.39, 0.29) is 25.4 Å². The number of benzene rings is 2. The Morgan fingerprint density at radius 3 is 2.56 bits per heavy atom. The summed E-state index contributed by atoms with van der Waals surface area (Å²) >= 11 is 6.08. The van der Waals surface area contributed by atoms with Gasteiger partial charge in [-0.25, -0.2) is 4.79 Å². The van der Waals surface area contributed by atoms with Crippen molar-refractivity contribution in [2.75, 3.05) is 20.3 Å². The SMILES string of the molecule is CCOC(=O)C(Cl)Cc1ccc(OCC2(C)CC(=O)c3cc(C(=O)OC)ccc3O2)cc1. The second kappa shape index (κ2) is 10.0. The average molecular weight is 461 g/mol. The minimum Gasteiger partial charge on any atom is -0.489 e. The highest BCUT2D eigenvalue weighted by Crippen LogP contribution is 2.34. The minimum atomic E-state index is -0.860. The van der Waals surface area contributed by atoms with Crippen molar-refractivity contribution in [3.8, 4) is 11.5 Å². The van der Waals surface area contributed by atoms with Gasteiger partial charge in [0.15, 0.2) is 5.78 Å². The number of halogens is 1. The third kappa shape index (κ3) is 5.59. The fourth-order valence-corrected chi connectivity index (χ4v) is 3.62. The summed E-state index contributed by atoms with van der Waals surface area (Å²) in [6, 6.07) is 11.8. The zero-order valence-corrected chi connectivity index (χ0v) is 18.9. The van der Waals surface area contributed by atoms with Gasteiger partial charge in [0.2, 0.25) is 0 Å². The Morgan fingerprint density at radius 2 is 1.91 bits per heavy atom. The maximum atomic E-state index is 12.7. The molecule has 8 heteroatoms. The molecule has 3 rings (SSSR count). The van der Waals surface area contributed by atoms with Crippen LogP contribution in [0.1, 0.15) is 46.5 Å². The Morgan fingerprint density at radius 1 is 1.19 bits per heavy atom. The number of Topliss-reactive ketones (excluding diaryl/α,β-unsaturated/α-hetero) is 1. The minimum absolute atomic E-state index is 0.107. The first-order chi connectivity index (χ1) is 15.2. The monoisotopic (exact) mass is 460 g/mol. The first-order valence-corrected chi connectivity index (χ1v) is 10.7. The standard InChI is InChI=1S/C24H25ClO7/c1-4-30-23(28)19(25)11-15-5-8-17(9-6-15)31-14-24(2)13-20(26)18-12-16(22(27)29-3)7-10-21(18)32-24/h5-10,12,19H,4,11,13-14H2,1-3H3. The number of hydrogen-bond donors (Lipinski definition) is 0. The average Bonchev–Trinajstić information content (AvgIpc) is 2.78. The molecule has 170 valence electrons. The normalized spacial score (nSPS) is 18.2. The van der Waals surface area contributed by atoms with Crippen molar-refractivity contribution in [1.82, 2.24) is 0 Å². The molecule has 0 saturated carbocycles. The number of hydrogen-bond acceptors (Lipinski definition) is 7. The van der Waals surface area contributed by atoms with Crippen LogP contribution in [0.15, 0.2) is 42.5 Å². The van der Waals surface area contributed by atoms with Crippen molar-refractivity contribution in [2.24, 2.45) is 0 Å². The van der Waals surface area contributed by atoms with Crippen LogP contribution in [0.25, 0.3) is 0 Å². The van der Waals surface area contributed by atoms with E-state index in [1.54, 1.807) is 38.1 Å². The molecule has 0 radical (unpaired) electrons. The van der Waals surface area contributed by atoms with Crippen LogP contribution >= 0.6 is 11.6 Å². The van der Waals surface area contributed by atoms with E-state index in [4.69, 9.17) is 30.5 Å². The molecule has 0 N–H and O–H groups in total. The molecule has 2 atom stereocenters. The van der Waals surface area contributed by atoms with Crippen molar-refractivity contribution in [1.29, 1.82) is 0 Å². The number of carbonyl (C=O) groups is 3. The molecular formula is C24H25ClO7. The zero-order chi connectivity index (χ0) is 23.3. The highest BCUT2D eigenvalue weighted by molar-refractivity contribution is 6.30. The summed E-state index contributed by atoms with van der Waals surface area (Å²) in [5, 5.41) is -0.748. The van der Waals surface area contributed by atoms with Crippen molar-refractivity contribution in [3.05, 3.63) is 59.2 Å². The zero-order valence-electron chi connectivity index (χ0n) is 18.2. The second-order valence-electron chi connectivity index (χ2n) is 7.71. The van der Waals surface area contributed by atoms with Crippen LogP contribution in [-0.2, 0) is 20.7 Å². The number of ether oxygens (including phenoxy) is 4. The molecule has 0 spiro atoms. The highest BCUT2D eigenvalue weighted by Gasteiger charge is 2.37. The lowest BCUT2D eigenvalue weighted by atomic mass is 9.91. The maximum absolute atomic E-state index is 12.7. The molecular weight excluding hydrogens is 436 g/mol. The fraction of sp³-hybridized carbons (Fsp3) is 0.375. The van der Waals surface area contributed by atoms with E-state index in [0.29, 0.717) is 29.0 Å². The Bertz CT molecular complexity index is 1000. The lowest BCUT2D eigenvalue weighted by Gasteiger charge is -2.34. The van der Waals surface area contributed by atoms with Crippen molar-refractivity contribution >= 4 is 29.3 Å². The van der Waals surface area contributed by atoms with E-state index in [1.165, 1.54) is 13.2 Å². The summed E-state index contributed by atoms with van der Waals surface area (Å²) in [6.07, 6.45) is 0.455. The van der Waals surface area contributed by atoms with Crippen LogP contribution in [0, 0.1) is 0 Å². The van der Waals surface area contributed by atoms with Gasteiger partial charge in [0, 0.05) is 0 Å². The van der Waals surface area contributed by atoms with Gasteiger partial charge in [0.1, 0.15) is 29.1 Å². The van der Waals surface area contributed by atoms with Gasteiger partial charge in [-0.1, -0.05) is 12.1 Å². The number of alkyl halides is 1. The topological polar surface area (TPSA) is 88.1 Å². The van der Waals surface area contributed by atoms with E-state index >= 15 is 0 Å². The number of carbonyl (C=O) groups excluding carboxylic acids is 3. The van der Waals surface area contributed by atoms with Crippen LogP contribution in [0.2, 0.25) is 0 Å². The lowest BCUT2D eigenvalue weighted by Crippen LogP contribution is -2.44. The molecule has 0 amide bonds. The number of fused-ring (bicyclic) bond motifs is 1. The predicted molar refractivity (Wildman–Crippen MR) is 118 cm³/mol. The molecule has 0 aliphatic carbocycles. The molecule has 0 fully saturated rings. The molecule has 7 nitrogen and oxygen atoms in total. The van der Waals surface area contributed by atoms with Crippen molar-refractivity contribution < 1.29 is 33.3 Å². The summed E-state index contributed by atoms with van der Waals surface area (Å²) in [5.74, 6) is -0.0860. The van der Waals surface area contributed by atoms with Crippen LogP contribution in [0.3, 0.4) is 0 Å². The summed E-state index contributed by atoms with van der Waals surface area (Å²) in [6.45, 7) is 3.97. The molecule has 0 bridgehead atoms. The molecule has 1 heterocycles. The molecule has 2 aromatic rings. The van der Waals surface area contributed by atoms with E-state index in [9.17, 15) is 14.4 Å². The predicted octanol–water partition coefficient (Wildman–Crippen LogP) is 3.99. The smallest absolute Gasteiger partial charge is 0.337 e. The number of esters is 2. The third-order valence-corrected chi connectivity index (χ3v) is 5.35. The van der Waals surface area contributed by atoms with E-state index in [0.717, 1.165) is 5.56 Å². The number of ketones is 1. The molecule has 2 aromatic carbocycles. The van der Waals surface area contributed by atoms with Gasteiger partial charge in [-0.15, -0.1) is 11.6 Å². The van der Waals surface area contributed by atoms with Crippen molar-refractivity contribution in [2.45, 2.75) is 37.7 Å². The molecule has 1 aliphatic rings. The quantitative estimate of drug-likeness (QED) is 0.434. The third-order valence-electron chi connectivity index (χ3n) is 5.02. The van der Waals surface area contributed by atoms with Crippen molar-refractivity contribution in [3.63, 3.8) is 0 Å². The Hall–Kier alpha value is -3.06. The Labute approximate surface area is 191 Å². The van der Waals surface area contributed by atoms with Crippen LogP contribution < -0.4 is 9.47 Å². The first kappa shape index (κ1) is 23.6. The highest BCUT2D eigenvalue weighted by atomic mass is 35.5.